The van der Waals surface area contributed by atoms with Gasteiger partial charge >= 0.3 is 0 Å². The number of rotatable bonds is 9. The Bertz CT molecular complexity index is 513. The molecule has 1 aromatic carbocycles. The van der Waals surface area contributed by atoms with Gasteiger partial charge in [0.2, 0.25) is 11.8 Å². The molecule has 5 heteroatoms. The second-order valence-electron chi connectivity index (χ2n) is 6.14. The summed E-state index contributed by atoms with van der Waals surface area (Å²) in [4.78, 5) is 26.8. The lowest BCUT2D eigenvalue weighted by molar-refractivity contribution is -0.135. The van der Waals surface area contributed by atoms with Crippen molar-refractivity contribution in [2.24, 2.45) is 0 Å². The number of benzene rings is 1. The average molecular weight is 332 g/mol. The Morgan fingerprint density at radius 2 is 1.92 bits per heavy atom. The number of carbonyl (C=O) groups is 2. The van der Waals surface area contributed by atoms with Gasteiger partial charge in [0.15, 0.2) is 0 Å². The third-order valence-electron chi connectivity index (χ3n) is 4.23. The van der Waals surface area contributed by atoms with Gasteiger partial charge in [-0.2, -0.15) is 0 Å². The number of carbonyl (C=O) groups excluding carboxylic acids is 2. The van der Waals surface area contributed by atoms with E-state index in [1.165, 1.54) is 0 Å². The van der Waals surface area contributed by atoms with Gasteiger partial charge < -0.3 is 15.0 Å². The minimum absolute atomic E-state index is 0.0366. The fraction of sp³-hybridized carbons (Fsp3) is 0.579. The van der Waals surface area contributed by atoms with Crippen LogP contribution in [-0.4, -0.2) is 49.1 Å². The van der Waals surface area contributed by atoms with Gasteiger partial charge in [0.25, 0.3) is 0 Å². The van der Waals surface area contributed by atoms with Gasteiger partial charge in [-0.3, -0.25) is 9.59 Å². The third kappa shape index (κ3) is 5.96. The summed E-state index contributed by atoms with van der Waals surface area (Å²) in [6.07, 6.45) is 3.69. The zero-order valence-corrected chi connectivity index (χ0v) is 14.5. The van der Waals surface area contributed by atoms with Gasteiger partial charge in [0, 0.05) is 39.1 Å². The van der Waals surface area contributed by atoms with E-state index in [1.54, 1.807) is 0 Å². The van der Waals surface area contributed by atoms with Gasteiger partial charge in [0.05, 0.1) is 0 Å². The van der Waals surface area contributed by atoms with Crippen LogP contribution >= 0.6 is 0 Å². The Morgan fingerprint density at radius 1 is 1.21 bits per heavy atom. The first-order chi connectivity index (χ1) is 11.7. The molecular formula is C19H28N2O3. The van der Waals surface area contributed by atoms with E-state index in [0.717, 1.165) is 31.5 Å². The van der Waals surface area contributed by atoms with Crippen molar-refractivity contribution in [1.29, 1.82) is 0 Å². The summed E-state index contributed by atoms with van der Waals surface area (Å²) >= 11 is 0. The summed E-state index contributed by atoms with van der Waals surface area (Å²) in [5.74, 6) is -0.0438. The van der Waals surface area contributed by atoms with E-state index < -0.39 is 6.04 Å². The van der Waals surface area contributed by atoms with Crippen LogP contribution in [0.4, 0.5) is 0 Å². The van der Waals surface area contributed by atoms with Crippen molar-refractivity contribution in [2.45, 2.75) is 45.1 Å². The maximum Gasteiger partial charge on any atom is 0.245 e. The van der Waals surface area contributed by atoms with Crippen molar-refractivity contribution in [3.05, 3.63) is 35.9 Å². The molecule has 1 N–H and O–H groups in total. The Balaban J connectivity index is 1.93. The van der Waals surface area contributed by atoms with E-state index >= 15 is 0 Å². The van der Waals surface area contributed by atoms with Crippen LogP contribution in [0.25, 0.3) is 0 Å². The standard InChI is InChI=1S/C19H28N2O3/c1-2-24-14-8-11-18(22)20-17(15-16-9-4-3-5-10-16)19(23)21-12-6-7-13-21/h3-5,9-10,17H,2,6-8,11-15H2,1H3,(H,20,22)/t17-/m0/s1. The number of hydrogen-bond acceptors (Lipinski definition) is 3. The molecule has 0 bridgehead atoms. The Morgan fingerprint density at radius 3 is 2.58 bits per heavy atom. The molecule has 1 heterocycles. The molecule has 0 aromatic heterocycles. The molecule has 0 radical (unpaired) electrons. The molecule has 1 atom stereocenters. The van der Waals surface area contributed by atoms with Crippen LogP contribution in [0.1, 0.15) is 38.2 Å². The zero-order chi connectivity index (χ0) is 17.2. The number of nitrogens with zero attached hydrogens (tertiary/aromatic N) is 1. The van der Waals surface area contributed by atoms with Crippen molar-refractivity contribution < 1.29 is 14.3 Å². The Labute approximate surface area is 144 Å². The third-order valence-corrected chi connectivity index (χ3v) is 4.23. The van der Waals surface area contributed by atoms with Crippen LogP contribution in [0.2, 0.25) is 0 Å². The first-order valence-electron chi connectivity index (χ1n) is 8.90. The molecule has 0 saturated carbocycles. The molecule has 1 aliphatic rings. The van der Waals surface area contributed by atoms with E-state index in [2.05, 4.69) is 5.32 Å². The zero-order valence-electron chi connectivity index (χ0n) is 14.5. The van der Waals surface area contributed by atoms with Crippen LogP contribution in [0, 0.1) is 0 Å². The molecule has 2 rings (SSSR count). The van der Waals surface area contributed by atoms with Crippen molar-refractivity contribution in [1.82, 2.24) is 10.2 Å². The highest BCUT2D eigenvalue weighted by Gasteiger charge is 2.27. The van der Waals surface area contributed by atoms with Gasteiger partial charge in [-0.15, -0.1) is 0 Å². The molecule has 1 aliphatic heterocycles. The fourth-order valence-corrected chi connectivity index (χ4v) is 2.95. The minimum atomic E-state index is -0.481. The van der Waals surface area contributed by atoms with Gasteiger partial charge in [-0.1, -0.05) is 30.3 Å². The quantitative estimate of drug-likeness (QED) is 0.705. The van der Waals surface area contributed by atoms with Crippen molar-refractivity contribution in [3.63, 3.8) is 0 Å². The highest BCUT2D eigenvalue weighted by atomic mass is 16.5. The van der Waals surface area contributed by atoms with Crippen molar-refractivity contribution in [2.75, 3.05) is 26.3 Å². The molecular weight excluding hydrogens is 304 g/mol. The monoisotopic (exact) mass is 332 g/mol. The Kier molecular flexibility index (Phi) is 7.75. The summed E-state index contributed by atoms with van der Waals surface area (Å²) in [5, 5.41) is 2.93. The summed E-state index contributed by atoms with van der Waals surface area (Å²) < 4.78 is 5.26. The van der Waals surface area contributed by atoms with Gasteiger partial charge in [-0.05, 0) is 31.7 Å². The second-order valence-corrected chi connectivity index (χ2v) is 6.14. The summed E-state index contributed by atoms with van der Waals surface area (Å²) in [7, 11) is 0. The van der Waals surface area contributed by atoms with Crippen molar-refractivity contribution in [3.8, 4) is 0 Å². The van der Waals surface area contributed by atoms with Crippen LogP contribution in [0.3, 0.4) is 0 Å². The summed E-state index contributed by atoms with van der Waals surface area (Å²) in [5.41, 5.74) is 1.06. The molecule has 5 nitrogen and oxygen atoms in total. The van der Waals surface area contributed by atoms with E-state index in [4.69, 9.17) is 4.74 Å². The molecule has 2 amide bonds. The summed E-state index contributed by atoms with van der Waals surface area (Å²) in [6, 6.07) is 9.36. The average Bonchev–Trinajstić information content (AvgIpc) is 3.13. The first kappa shape index (κ1) is 18.5. The van der Waals surface area contributed by atoms with E-state index in [1.807, 2.05) is 42.2 Å². The van der Waals surface area contributed by atoms with E-state index in [0.29, 0.717) is 32.5 Å². The smallest absolute Gasteiger partial charge is 0.245 e. The molecule has 0 aliphatic carbocycles. The maximum absolute atomic E-state index is 12.7. The van der Waals surface area contributed by atoms with Gasteiger partial charge in [-0.25, -0.2) is 0 Å². The van der Waals surface area contributed by atoms with Crippen LogP contribution in [0.5, 0.6) is 0 Å². The number of hydrogen-bond donors (Lipinski definition) is 1. The SMILES string of the molecule is CCOCCCC(=O)N[C@@H](Cc1ccccc1)C(=O)N1CCCC1. The number of amides is 2. The van der Waals surface area contributed by atoms with Crippen LogP contribution in [-0.2, 0) is 20.7 Å². The highest BCUT2D eigenvalue weighted by molar-refractivity contribution is 5.88. The fourth-order valence-electron chi connectivity index (χ4n) is 2.95. The lowest BCUT2D eigenvalue weighted by Gasteiger charge is -2.24. The van der Waals surface area contributed by atoms with Crippen molar-refractivity contribution >= 4 is 11.8 Å². The highest BCUT2D eigenvalue weighted by Crippen LogP contribution is 2.12. The predicted octanol–water partition coefficient (Wildman–Crippen LogP) is 2.15. The molecule has 1 saturated heterocycles. The van der Waals surface area contributed by atoms with E-state index in [-0.39, 0.29) is 11.8 Å². The number of nitrogens with one attached hydrogen (secondary N) is 1. The molecule has 0 spiro atoms. The lowest BCUT2D eigenvalue weighted by atomic mass is 10.0. The molecule has 132 valence electrons. The number of likely N-dealkylation sites (tertiary alicyclic amines) is 1. The largest absolute Gasteiger partial charge is 0.382 e. The van der Waals surface area contributed by atoms with Crippen LogP contribution in [0.15, 0.2) is 30.3 Å². The first-order valence-corrected chi connectivity index (χ1v) is 8.90. The molecule has 24 heavy (non-hydrogen) atoms. The van der Waals surface area contributed by atoms with E-state index in [9.17, 15) is 9.59 Å². The topological polar surface area (TPSA) is 58.6 Å². The molecule has 1 aromatic rings. The second kappa shape index (κ2) is 10.1. The normalized spacial score (nSPS) is 15.3. The summed E-state index contributed by atoms with van der Waals surface area (Å²) in [6.45, 7) is 4.76. The lowest BCUT2D eigenvalue weighted by Crippen LogP contribution is -2.49. The molecule has 1 fully saturated rings. The molecule has 0 unspecified atom stereocenters. The minimum Gasteiger partial charge on any atom is -0.382 e. The van der Waals surface area contributed by atoms with Gasteiger partial charge in [0.1, 0.15) is 6.04 Å². The maximum atomic E-state index is 12.7. The Hall–Kier alpha value is -1.88. The van der Waals surface area contributed by atoms with Crippen LogP contribution < -0.4 is 5.32 Å². The number of ether oxygens (including phenoxy) is 1. The predicted molar refractivity (Wildman–Crippen MR) is 93.6 cm³/mol.